The summed E-state index contributed by atoms with van der Waals surface area (Å²) in [5.74, 6) is -0.787. The van der Waals surface area contributed by atoms with Gasteiger partial charge in [-0.3, -0.25) is 19.3 Å². The van der Waals surface area contributed by atoms with Crippen molar-refractivity contribution in [2.45, 2.75) is 64.3 Å². The number of aryl methyl sites for hydroxylation is 2. The van der Waals surface area contributed by atoms with Gasteiger partial charge in [-0.05, 0) is 61.6 Å². The first-order chi connectivity index (χ1) is 14.1. The van der Waals surface area contributed by atoms with Crippen molar-refractivity contribution >= 4 is 17.7 Å². The highest BCUT2D eigenvalue weighted by Crippen LogP contribution is 2.35. The van der Waals surface area contributed by atoms with E-state index in [1.807, 2.05) is 12.2 Å². The summed E-state index contributed by atoms with van der Waals surface area (Å²) in [7, 11) is 0. The summed E-state index contributed by atoms with van der Waals surface area (Å²) in [5.41, 5.74) is 3.99. The zero-order valence-electron chi connectivity index (χ0n) is 17.2. The molecule has 29 heavy (non-hydrogen) atoms. The summed E-state index contributed by atoms with van der Waals surface area (Å²) >= 11 is 0. The highest BCUT2D eigenvalue weighted by Gasteiger charge is 2.46. The number of allylic oxidation sites excluding steroid dienone is 2. The fraction of sp³-hybridized carbons (Fsp3) is 0.542. The van der Waals surface area contributed by atoms with E-state index in [1.165, 1.54) is 28.9 Å². The number of benzene rings is 1. The van der Waals surface area contributed by atoms with Crippen molar-refractivity contribution in [3.63, 3.8) is 0 Å². The zero-order chi connectivity index (χ0) is 20.4. The number of carbonyl (C=O) groups excluding carboxylic acids is 3. The van der Waals surface area contributed by atoms with Gasteiger partial charge in [0, 0.05) is 13.0 Å². The van der Waals surface area contributed by atoms with Gasteiger partial charge in [0.25, 0.3) is 0 Å². The molecule has 0 bridgehead atoms. The largest absolute Gasteiger partial charge is 0.349 e. The molecule has 1 aromatic rings. The second-order valence-corrected chi connectivity index (χ2v) is 8.50. The molecule has 5 nitrogen and oxygen atoms in total. The highest BCUT2D eigenvalue weighted by molar-refractivity contribution is 6.05. The second kappa shape index (κ2) is 8.52. The van der Waals surface area contributed by atoms with Gasteiger partial charge in [0.05, 0.1) is 17.9 Å². The van der Waals surface area contributed by atoms with Crippen molar-refractivity contribution in [2.24, 2.45) is 11.8 Å². The summed E-state index contributed by atoms with van der Waals surface area (Å²) in [6.07, 6.45) is 10.9. The van der Waals surface area contributed by atoms with Gasteiger partial charge in [0.2, 0.25) is 17.7 Å². The lowest BCUT2D eigenvalue weighted by Crippen LogP contribution is -2.36. The first kappa shape index (κ1) is 19.9. The third-order valence-electron chi connectivity index (χ3n) is 6.68. The molecule has 1 aliphatic heterocycles. The number of nitrogens with one attached hydrogen (secondary N) is 1. The molecule has 2 aliphatic carbocycles. The van der Waals surface area contributed by atoms with Crippen LogP contribution in [0.15, 0.2) is 30.4 Å². The van der Waals surface area contributed by atoms with E-state index in [1.54, 1.807) is 0 Å². The van der Waals surface area contributed by atoms with Crippen LogP contribution in [0, 0.1) is 11.8 Å². The van der Waals surface area contributed by atoms with Crippen LogP contribution >= 0.6 is 0 Å². The Hall–Kier alpha value is -2.43. The molecular weight excluding hydrogens is 364 g/mol. The maximum atomic E-state index is 12.6. The van der Waals surface area contributed by atoms with E-state index in [0.29, 0.717) is 12.8 Å². The molecular formula is C24H30N2O3. The number of hydrogen-bond donors (Lipinski definition) is 1. The van der Waals surface area contributed by atoms with Crippen LogP contribution in [0.1, 0.15) is 68.2 Å². The summed E-state index contributed by atoms with van der Waals surface area (Å²) in [4.78, 5) is 39.0. The molecule has 3 amide bonds. The average molecular weight is 395 g/mol. The predicted octanol–water partition coefficient (Wildman–Crippen LogP) is 3.47. The molecule has 1 N–H and O–H groups in total. The molecule has 4 rings (SSSR count). The van der Waals surface area contributed by atoms with E-state index in [0.717, 1.165) is 24.8 Å². The van der Waals surface area contributed by atoms with Gasteiger partial charge in [-0.25, -0.2) is 0 Å². The normalized spacial score (nSPS) is 24.2. The minimum Gasteiger partial charge on any atom is -0.349 e. The van der Waals surface area contributed by atoms with Crippen molar-refractivity contribution < 1.29 is 14.4 Å². The fourth-order valence-electron chi connectivity index (χ4n) is 4.96. The molecule has 1 fully saturated rings. The first-order valence-corrected chi connectivity index (χ1v) is 11.0. The molecule has 1 heterocycles. The Balaban J connectivity index is 1.35. The van der Waals surface area contributed by atoms with Crippen molar-refractivity contribution in [1.82, 2.24) is 10.2 Å². The maximum Gasteiger partial charge on any atom is 0.233 e. The molecule has 0 aromatic heterocycles. The van der Waals surface area contributed by atoms with Crippen LogP contribution in [0.4, 0.5) is 0 Å². The first-order valence-electron chi connectivity index (χ1n) is 11.0. The van der Waals surface area contributed by atoms with Crippen molar-refractivity contribution in [2.75, 3.05) is 6.54 Å². The summed E-state index contributed by atoms with van der Waals surface area (Å²) in [6, 6.07) is 6.54. The molecule has 1 unspecified atom stereocenters. The Morgan fingerprint density at radius 2 is 1.72 bits per heavy atom. The Kier molecular flexibility index (Phi) is 5.84. The second-order valence-electron chi connectivity index (χ2n) is 8.50. The monoisotopic (exact) mass is 394 g/mol. The van der Waals surface area contributed by atoms with Gasteiger partial charge in [0.15, 0.2) is 0 Å². The zero-order valence-corrected chi connectivity index (χ0v) is 17.2. The minimum atomic E-state index is -0.227. The summed E-state index contributed by atoms with van der Waals surface area (Å²) in [5, 5.41) is 3.11. The van der Waals surface area contributed by atoms with Gasteiger partial charge >= 0.3 is 0 Å². The van der Waals surface area contributed by atoms with E-state index in [9.17, 15) is 14.4 Å². The number of amides is 3. The third kappa shape index (κ3) is 4.00. The number of nitrogens with zero attached hydrogens (tertiary/aromatic N) is 1. The highest BCUT2D eigenvalue weighted by atomic mass is 16.2. The smallest absolute Gasteiger partial charge is 0.233 e. The molecule has 5 heteroatoms. The quantitative estimate of drug-likeness (QED) is 0.593. The lowest BCUT2D eigenvalue weighted by Gasteiger charge is -2.22. The Morgan fingerprint density at radius 1 is 1.07 bits per heavy atom. The topological polar surface area (TPSA) is 66.5 Å². The van der Waals surface area contributed by atoms with Crippen LogP contribution in [-0.4, -0.2) is 29.2 Å². The number of hydrogen-bond acceptors (Lipinski definition) is 3. The van der Waals surface area contributed by atoms with Gasteiger partial charge in [-0.2, -0.15) is 0 Å². The van der Waals surface area contributed by atoms with Crippen LogP contribution in [0.25, 0.3) is 0 Å². The average Bonchev–Trinajstić information content (AvgIpc) is 3.00. The number of rotatable bonds is 6. The minimum absolute atomic E-state index is 0.0357. The SMILES string of the molecule is CCC(NC(=O)CCN1C(=O)[C@H]2CC=CC[C@H]2C1=O)c1ccc2c(c1)CCCC2. The van der Waals surface area contributed by atoms with Crippen molar-refractivity contribution in [1.29, 1.82) is 0 Å². The van der Waals surface area contributed by atoms with Gasteiger partial charge in [-0.1, -0.05) is 37.3 Å². The van der Waals surface area contributed by atoms with Crippen LogP contribution in [0.5, 0.6) is 0 Å². The molecule has 0 radical (unpaired) electrons. The van der Waals surface area contributed by atoms with Gasteiger partial charge < -0.3 is 5.32 Å². The predicted molar refractivity (Wildman–Crippen MR) is 111 cm³/mol. The van der Waals surface area contributed by atoms with Crippen molar-refractivity contribution in [3.8, 4) is 0 Å². The molecule has 1 saturated heterocycles. The van der Waals surface area contributed by atoms with E-state index < -0.39 is 0 Å². The number of imide groups is 1. The lowest BCUT2D eigenvalue weighted by atomic mass is 9.85. The lowest BCUT2D eigenvalue weighted by molar-refractivity contribution is -0.140. The van der Waals surface area contributed by atoms with Crippen LogP contribution in [0.2, 0.25) is 0 Å². The fourth-order valence-corrected chi connectivity index (χ4v) is 4.96. The van der Waals surface area contributed by atoms with E-state index in [-0.39, 0.29) is 48.6 Å². The molecule has 3 atom stereocenters. The molecule has 3 aliphatic rings. The molecule has 154 valence electrons. The van der Waals surface area contributed by atoms with E-state index in [2.05, 4.69) is 30.4 Å². The van der Waals surface area contributed by atoms with Crippen molar-refractivity contribution in [3.05, 3.63) is 47.0 Å². The maximum absolute atomic E-state index is 12.6. The van der Waals surface area contributed by atoms with Crippen LogP contribution in [0.3, 0.4) is 0 Å². The Bertz CT molecular complexity index is 819. The molecule has 1 aromatic carbocycles. The van der Waals surface area contributed by atoms with E-state index in [4.69, 9.17) is 0 Å². The van der Waals surface area contributed by atoms with E-state index >= 15 is 0 Å². The molecule has 0 saturated carbocycles. The van der Waals surface area contributed by atoms with Gasteiger partial charge in [-0.15, -0.1) is 0 Å². The summed E-state index contributed by atoms with van der Waals surface area (Å²) < 4.78 is 0. The summed E-state index contributed by atoms with van der Waals surface area (Å²) in [6.45, 7) is 2.24. The Labute approximate surface area is 172 Å². The van der Waals surface area contributed by atoms with Gasteiger partial charge in [0.1, 0.15) is 0 Å². The Morgan fingerprint density at radius 3 is 2.38 bits per heavy atom. The number of fused-ring (bicyclic) bond motifs is 2. The van der Waals surface area contributed by atoms with Crippen LogP contribution < -0.4 is 5.32 Å². The number of likely N-dealkylation sites (tertiary alicyclic amines) is 1. The van der Waals surface area contributed by atoms with Crippen LogP contribution in [-0.2, 0) is 27.2 Å². The molecule has 0 spiro atoms. The number of carbonyl (C=O) groups is 3. The standard InChI is InChI=1S/C24H30N2O3/c1-2-21(18-12-11-16-7-3-4-8-17(16)15-18)25-22(27)13-14-26-23(28)19-9-5-6-10-20(19)24(26)29/h5-6,11-12,15,19-21H,2-4,7-10,13-14H2,1H3,(H,25,27)/t19-,20+,21?. The third-order valence-corrected chi connectivity index (χ3v) is 6.68.